The Hall–Kier alpha value is -2.78. The van der Waals surface area contributed by atoms with Gasteiger partial charge in [0, 0.05) is 17.3 Å². The summed E-state index contributed by atoms with van der Waals surface area (Å²) in [6.07, 6.45) is 1.92. The first-order valence-electron chi connectivity index (χ1n) is 10.1. The lowest BCUT2D eigenvalue weighted by atomic mass is 10.0. The molecule has 2 aromatic carbocycles. The third-order valence-electron chi connectivity index (χ3n) is 5.03. The first-order chi connectivity index (χ1) is 14.6. The summed E-state index contributed by atoms with van der Waals surface area (Å²) in [6.45, 7) is 5.13. The number of halogens is 1. The van der Waals surface area contributed by atoms with Gasteiger partial charge in [0.15, 0.2) is 0 Å². The second-order valence-electron chi connectivity index (χ2n) is 8.04. The van der Waals surface area contributed by atoms with Gasteiger partial charge in [0.05, 0.1) is 0 Å². The molecule has 1 aliphatic carbocycles. The maximum Gasteiger partial charge on any atom is 0.251 e. The van der Waals surface area contributed by atoms with Crippen LogP contribution in [0.1, 0.15) is 42.6 Å². The molecular weight excluding hydrogens is 421 g/mol. The number of hydrogen-bond donors (Lipinski definition) is 3. The SMILES string of the molecule is Cc1ccc(C(=O)NC2CC2)cc1NC(=O)[C@@H](NS(=O)(=O)c1ccccc1F)C(C)C. The molecule has 0 heterocycles. The standard InChI is InChI=1S/C22H26FN3O4S/c1-13(2)20(26-31(29,30)19-7-5-4-6-17(19)23)22(28)25-18-12-15(9-8-14(18)3)21(27)24-16-10-11-16/h4-9,12-13,16,20,26H,10-11H2,1-3H3,(H,24,27)(H,25,28)/t20-/m0/s1. The zero-order valence-corrected chi connectivity index (χ0v) is 18.4. The van der Waals surface area contributed by atoms with E-state index in [2.05, 4.69) is 15.4 Å². The molecule has 1 aliphatic rings. The number of aryl methyl sites for hydroxylation is 1. The summed E-state index contributed by atoms with van der Waals surface area (Å²) >= 11 is 0. The van der Waals surface area contributed by atoms with E-state index in [-0.39, 0.29) is 11.9 Å². The average molecular weight is 448 g/mol. The Labute approximate surface area is 181 Å². The maximum atomic E-state index is 14.0. The Bertz CT molecular complexity index is 1100. The monoisotopic (exact) mass is 447 g/mol. The van der Waals surface area contributed by atoms with Gasteiger partial charge in [-0.05, 0) is 55.5 Å². The number of nitrogens with one attached hydrogen (secondary N) is 3. The van der Waals surface area contributed by atoms with Crippen molar-refractivity contribution >= 4 is 27.5 Å². The van der Waals surface area contributed by atoms with Gasteiger partial charge in [0.1, 0.15) is 16.8 Å². The number of rotatable bonds is 8. The van der Waals surface area contributed by atoms with Crippen LogP contribution in [0.15, 0.2) is 47.4 Å². The summed E-state index contributed by atoms with van der Waals surface area (Å²) in [5.41, 5.74) is 1.53. The molecule has 0 unspecified atom stereocenters. The van der Waals surface area contributed by atoms with Gasteiger partial charge in [-0.3, -0.25) is 9.59 Å². The number of amides is 2. The molecule has 9 heteroatoms. The van der Waals surface area contributed by atoms with Gasteiger partial charge in [0.25, 0.3) is 5.91 Å². The van der Waals surface area contributed by atoms with Crippen LogP contribution in [0.3, 0.4) is 0 Å². The molecule has 0 aromatic heterocycles. The third-order valence-corrected chi connectivity index (χ3v) is 6.50. The van der Waals surface area contributed by atoms with Crippen LogP contribution in [0.5, 0.6) is 0 Å². The van der Waals surface area contributed by atoms with Gasteiger partial charge >= 0.3 is 0 Å². The molecule has 0 bridgehead atoms. The summed E-state index contributed by atoms with van der Waals surface area (Å²) in [6, 6.07) is 8.97. The van der Waals surface area contributed by atoms with Crippen molar-refractivity contribution in [2.75, 3.05) is 5.32 Å². The predicted molar refractivity (Wildman–Crippen MR) is 116 cm³/mol. The maximum absolute atomic E-state index is 14.0. The number of benzene rings is 2. The third kappa shape index (κ3) is 5.68. The van der Waals surface area contributed by atoms with Crippen LogP contribution in [-0.2, 0) is 14.8 Å². The van der Waals surface area contributed by atoms with Gasteiger partial charge in [0.2, 0.25) is 15.9 Å². The Balaban J connectivity index is 1.79. The Kier molecular flexibility index (Phi) is 6.76. The highest BCUT2D eigenvalue weighted by Crippen LogP contribution is 2.22. The minimum atomic E-state index is -4.26. The predicted octanol–water partition coefficient (Wildman–Crippen LogP) is 2.97. The van der Waals surface area contributed by atoms with Crippen LogP contribution in [0, 0.1) is 18.7 Å². The van der Waals surface area contributed by atoms with E-state index in [9.17, 15) is 22.4 Å². The van der Waals surface area contributed by atoms with Gasteiger partial charge in [-0.25, -0.2) is 12.8 Å². The molecule has 3 N–H and O–H groups in total. The molecule has 1 fully saturated rings. The van der Waals surface area contributed by atoms with E-state index >= 15 is 0 Å². The van der Waals surface area contributed by atoms with E-state index in [0.717, 1.165) is 30.5 Å². The minimum Gasteiger partial charge on any atom is -0.349 e. The van der Waals surface area contributed by atoms with Crippen molar-refractivity contribution in [3.05, 3.63) is 59.4 Å². The van der Waals surface area contributed by atoms with Crippen LogP contribution in [0.4, 0.5) is 10.1 Å². The van der Waals surface area contributed by atoms with E-state index < -0.39 is 38.6 Å². The van der Waals surface area contributed by atoms with Crippen molar-refractivity contribution in [3.8, 4) is 0 Å². The van der Waals surface area contributed by atoms with Crippen LogP contribution >= 0.6 is 0 Å². The second kappa shape index (κ2) is 9.15. The first kappa shape index (κ1) is 22.9. The van der Waals surface area contributed by atoms with E-state index in [1.54, 1.807) is 39.0 Å². The van der Waals surface area contributed by atoms with Crippen molar-refractivity contribution < 1.29 is 22.4 Å². The lowest BCUT2D eigenvalue weighted by Gasteiger charge is -2.22. The molecule has 1 saturated carbocycles. The van der Waals surface area contributed by atoms with Crippen molar-refractivity contribution in [2.45, 2.75) is 50.6 Å². The van der Waals surface area contributed by atoms with Crippen molar-refractivity contribution in [2.24, 2.45) is 5.92 Å². The topological polar surface area (TPSA) is 104 Å². The van der Waals surface area contributed by atoms with Gasteiger partial charge in [-0.2, -0.15) is 4.72 Å². The molecule has 31 heavy (non-hydrogen) atoms. The number of hydrogen-bond acceptors (Lipinski definition) is 4. The molecule has 0 saturated heterocycles. The fraction of sp³-hybridized carbons (Fsp3) is 0.364. The van der Waals surface area contributed by atoms with Crippen molar-refractivity contribution in [1.29, 1.82) is 0 Å². The number of anilines is 1. The average Bonchev–Trinajstić information content (AvgIpc) is 3.51. The highest BCUT2D eigenvalue weighted by Gasteiger charge is 2.30. The Morgan fingerprint density at radius 3 is 2.39 bits per heavy atom. The van der Waals surface area contributed by atoms with Crippen molar-refractivity contribution in [3.63, 3.8) is 0 Å². The fourth-order valence-electron chi connectivity index (χ4n) is 2.99. The lowest BCUT2D eigenvalue weighted by molar-refractivity contribution is -0.118. The largest absolute Gasteiger partial charge is 0.349 e. The Morgan fingerprint density at radius 1 is 1.10 bits per heavy atom. The van der Waals surface area contributed by atoms with E-state index in [1.165, 1.54) is 12.1 Å². The highest BCUT2D eigenvalue weighted by atomic mass is 32.2. The molecule has 2 aromatic rings. The van der Waals surface area contributed by atoms with Crippen LogP contribution in [0.2, 0.25) is 0 Å². The van der Waals surface area contributed by atoms with Gasteiger partial charge in [-0.1, -0.05) is 32.0 Å². The van der Waals surface area contributed by atoms with Crippen LogP contribution < -0.4 is 15.4 Å². The smallest absolute Gasteiger partial charge is 0.251 e. The summed E-state index contributed by atoms with van der Waals surface area (Å²) in [5.74, 6) is -2.14. The molecule has 0 aliphatic heterocycles. The Morgan fingerprint density at radius 2 is 1.77 bits per heavy atom. The summed E-state index contributed by atoms with van der Waals surface area (Å²) < 4.78 is 41.6. The normalized spacial score (nSPS) is 14.9. The molecular formula is C22H26FN3O4S. The molecule has 7 nitrogen and oxygen atoms in total. The van der Waals surface area contributed by atoms with Gasteiger partial charge < -0.3 is 10.6 Å². The highest BCUT2D eigenvalue weighted by molar-refractivity contribution is 7.89. The number of carbonyl (C=O) groups excluding carboxylic acids is 2. The van der Waals surface area contributed by atoms with E-state index in [0.29, 0.717) is 11.3 Å². The summed E-state index contributed by atoms with van der Waals surface area (Å²) in [5, 5.41) is 5.59. The van der Waals surface area contributed by atoms with Crippen molar-refractivity contribution in [1.82, 2.24) is 10.0 Å². The summed E-state index contributed by atoms with van der Waals surface area (Å²) in [4.78, 5) is 24.7. The molecule has 3 rings (SSSR count). The minimum absolute atomic E-state index is 0.199. The zero-order valence-electron chi connectivity index (χ0n) is 17.6. The molecule has 0 spiro atoms. The molecule has 0 radical (unpaired) electrons. The number of sulfonamides is 1. The quantitative estimate of drug-likeness (QED) is 0.579. The molecule has 166 valence electrons. The first-order valence-corrected chi connectivity index (χ1v) is 11.6. The second-order valence-corrected chi connectivity index (χ2v) is 9.72. The number of carbonyl (C=O) groups is 2. The van der Waals surface area contributed by atoms with Crippen LogP contribution in [0.25, 0.3) is 0 Å². The molecule has 1 atom stereocenters. The summed E-state index contributed by atoms with van der Waals surface area (Å²) in [7, 11) is -4.26. The van der Waals surface area contributed by atoms with E-state index in [1.807, 2.05) is 0 Å². The van der Waals surface area contributed by atoms with Crippen LogP contribution in [-0.4, -0.2) is 32.3 Å². The fourth-order valence-corrected chi connectivity index (χ4v) is 4.41. The van der Waals surface area contributed by atoms with Gasteiger partial charge in [-0.15, -0.1) is 0 Å². The molecule has 2 amide bonds. The lowest BCUT2D eigenvalue weighted by Crippen LogP contribution is -2.47. The zero-order chi connectivity index (χ0) is 22.8. The van der Waals surface area contributed by atoms with E-state index in [4.69, 9.17) is 0 Å².